The molecule has 9 N–H and O–H groups in total. The Morgan fingerprint density at radius 2 is 0.857 bits per heavy atom. The summed E-state index contributed by atoms with van der Waals surface area (Å²) in [6.45, 7) is 1.62. The molecule has 0 aromatic carbocycles. The molecule has 21 heavy (non-hydrogen) atoms. The zero-order valence-corrected chi connectivity index (χ0v) is 13.9. The molecule has 0 fully saturated rings. The van der Waals surface area contributed by atoms with E-state index in [1.54, 1.807) is 0 Å². The Kier molecular flexibility index (Phi) is 16.0. The topological polar surface area (TPSA) is 116 Å². The van der Waals surface area contributed by atoms with Crippen molar-refractivity contribution in [2.45, 2.75) is 89.4 Å². The van der Waals surface area contributed by atoms with Crippen LogP contribution in [0.4, 0.5) is 0 Å². The van der Waals surface area contributed by atoms with Gasteiger partial charge in [0.2, 0.25) is 0 Å². The van der Waals surface area contributed by atoms with Crippen molar-refractivity contribution in [2.24, 2.45) is 22.9 Å². The predicted octanol–water partition coefficient (Wildman–Crippen LogP) is 1.74. The summed E-state index contributed by atoms with van der Waals surface area (Å²) >= 11 is 0. The lowest BCUT2D eigenvalue weighted by Gasteiger charge is -2.19. The summed E-state index contributed by atoms with van der Waals surface area (Å²) in [5.74, 6) is 0. The molecule has 0 amide bonds. The molecular formula is C16H39N5. The molecule has 0 bridgehead atoms. The van der Waals surface area contributed by atoms with E-state index in [4.69, 9.17) is 22.9 Å². The van der Waals surface area contributed by atoms with E-state index in [9.17, 15) is 0 Å². The van der Waals surface area contributed by atoms with E-state index in [0.717, 1.165) is 38.8 Å². The van der Waals surface area contributed by atoms with Crippen LogP contribution in [0.25, 0.3) is 0 Å². The maximum atomic E-state index is 6.06. The van der Waals surface area contributed by atoms with Crippen LogP contribution >= 0.6 is 0 Å². The van der Waals surface area contributed by atoms with Crippen LogP contribution in [0.1, 0.15) is 77.0 Å². The molecule has 2 unspecified atom stereocenters. The molecule has 0 heterocycles. The van der Waals surface area contributed by atoms with Crippen molar-refractivity contribution in [3.63, 3.8) is 0 Å². The summed E-state index contributed by atoms with van der Waals surface area (Å²) in [5.41, 5.74) is 23.1. The van der Waals surface area contributed by atoms with E-state index in [0.29, 0.717) is 0 Å². The Bertz CT molecular complexity index is 181. The molecule has 0 saturated heterocycles. The van der Waals surface area contributed by atoms with Gasteiger partial charge in [-0.05, 0) is 38.8 Å². The van der Waals surface area contributed by atoms with Crippen LogP contribution in [0, 0.1) is 0 Å². The molecular weight excluding hydrogens is 262 g/mol. The maximum absolute atomic E-state index is 6.06. The molecule has 128 valence electrons. The van der Waals surface area contributed by atoms with Crippen LogP contribution < -0.4 is 28.3 Å². The number of nitrogens with two attached hydrogens (primary N) is 4. The first-order chi connectivity index (χ1) is 10.2. The molecule has 0 spiro atoms. The fourth-order valence-electron chi connectivity index (χ4n) is 2.52. The molecule has 0 saturated carbocycles. The van der Waals surface area contributed by atoms with E-state index in [1.807, 2.05) is 0 Å². The Balaban J connectivity index is 3.33. The number of rotatable bonds is 16. The van der Waals surface area contributed by atoms with Gasteiger partial charge in [-0.1, -0.05) is 51.4 Å². The van der Waals surface area contributed by atoms with Crippen LogP contribution in [0.3, 0.4) is 0 Å². The van der Waals surface area contributed by atoms with E-state index in [-0.39, 0.29) is 12.3 Å². The Labute approximate surface area is 131 Å². The highest BCUT2D eigenvalue weighted by atomic mass is 15.1. The van der Waals surface area contributed by atoms with Crippen molar-refractivity contribution in [2.75, 3.05) is 13.1 Å². The molecule has 0 aliphatic carbocycles. The minimum Gasteiger partial charge on any atom is -0.330 e. The van der Waals surface area contributed by atoms with Gasteiger partial charge >= 0.3 is 0 Å². The molecule has 5 heteroatoms. The first-order valence-electron chi connectivity index (χ1n) is 8.88. The van der Waals surface area contributed by atoms with Crippen molar-refractivity contribution < 1.29 is 0 Å². The normalized spacial score (nSPS) is 14.3. The fourth-order valence-corrected chi connectivity index (χ4v) is 2.52. The van der Waals surface area contributed by atoms with Crippen molar-refractivity contribution >= 4 is 0 Å². The van der Waals surface area contributed by atoms with E-state index < -0.39 is 0 Å². The Morgan fingerprint density at radius 3 is 1.24 bits per heavy atom. The Hall–Kier alpha value is -0.200. The number of hydrogen-bond donors (Lipinski definition) is 5. The van der Waals surface area contributed by atoms with Crippen LogP contribution in [-0.4, -0.2) is 25.4 Å². The average Bonchev–Trinajstić information content (AvgIpc) is 2.46. The summed E-state index contributed by atoms with van der Waals surface area (Å²) in [7, 11) is 0. The van der Waals surface area contributed by atoms with Crippen LogP contribution in [0.15, 0.2) is 0 Å². The van der Waals surface area contributed by atoms with Crippen molar-refractivity contribution in [3.05, 3.63) is 0 Å². The standard InChI is InChI=1S/C16H39N5/c17-13-9-5-1-3-7-11-15(19)21-16(20)12-8-4-2-6-10-14-18/h15-16,21H,1-14,17-20H2. The third kappa shape index (κ3) is 16.0. The van der Waals surface area contributed by atoms with Gasteiger partial charge in [0.05, 0.1) is 12.3 Å². The highest BCUT2D eigenvalue weighted by molar-refractivity contribution is 4.66. The molecule has 0 rings (SSSR count). The molecule has 0 aromatic heterocycles. The van der Waals surface area contributed by atoms with E-state index >= 15 is 0 Å². The van der Waals surface area contributed by atoms with E-state index in [1.165, 1.54) is 51.4 Å². The number of hydrogen-bond acceptors (Lipinski definition) is 5. The monoisotopic (exact) mass is 301 g/mol. The minimum absolute atomic E-state index is 0.0340. The lowest BCUT2D eigenvalue weighted by atomic mass is 10.1. The molecule has 0 aromatic rings. The van der Waals surface area contributed by atoms with Gasteiger partial charge in [0.15, 0.2) is 0 Å². The second-order valence-electron chi connectivity index (χ2n) is 6.07. The largest absolute Gasteiger partial charge is 0.330 e. The van der Waals surface area contributed by atoms with Gasteiger partial charge in [-0.15, -0.1) is 0 Å². The predicted molar refractivity (Wildman–Crippen MR) is 92.6 cm³/mol. The third-order valence-electron chi connectivity index (χ3n) is 3.87. The molecule has 2 atom stereocenters. The highest BCUT2D eigenvalue weighted by Gasteiger charge is 2.07. The molecule has 5 nitrogen and oxygen atoms in total. The SMILES string of the molecule is NCCCCCCCC(N)NC(N)CCCCCCCN. The second-order valence-corrected chi connectivity index (χ2v) is 6.07. The van der Waals surface area contributed by atoms with E-state index in [2.05, 4.69) is 5.32 Å². The average molecular weight is 302 g/mol. The Morgan fingerprint density at radius 1 is 0.524 bits per heavy atom. The summed E-state index contributed by atoms with van der Waals surface area (Å²) < 4.78 is 0. The van der Waals surface area contributed by atoms with Gasteiger partial charge in [-0.25, -0.2) is 0 Å². The van der Waals surface area contributed by atoms with Crippen molar-refractivity contribution in [1.82, 2.24) is 5.32 Å². The molecule has 0 aliphatic heterocycles. The summed E-state index contributed by atoms with van der Waals surface area (Å²) in [5, 5.41) is 3.30. The second kappa shape index (κ2) is 16.2. The van der Waals surface area contributed by atoms with Gasteiger partial charge in [0, 0.05) is 0 Å². The number of nitrogens with one attached hydrogen (secondary N) is 1. The third-order valence-corrected chi connectivity index (χ3v) is 3.87. The van der Waals surface area contributed by atoms with Gasteiger partial charge in [0.25, 0.3) is 0 Å². The lowest BCUT2D eigenvalue weighted by molar-refractivity contribution is 0.382. The first-order valence-corrected chi connectivity index (χ1v) is 8.88. The fraction of sp³-hybridized carbons (Fsp3) is 1.00. The first kappa shape index (κ1) is 20.8. The summed E-state index contributed by atoms with van der Waals surface area (Å²) in [4.78, 5) is 0. The lowest BCUT2D eigenvalue weighted by Crippen LogP contribution is -2.48. The highest BCUT2D eigenvalue weighted by Crippen LogP contribution is 2.07. The maximum Gasteiger partial charge on any atom is 0.0558 e. The zero-order valence-electron chi connectivity index (χ0n) is 13.9. The minimum atomic E-state index is 0.0340. The van der Waals surface area contributed by atoms with Crippen LogP contribution in [0.5, 0.6) is 0 Å². The van der Waals surface area contributed by atoms with Crippen LogP contribution in [0.2, 0.25) is 0 Å². The van der Waals surface area contributed by atoms with Gasteiger partial charge in [-0.3, -0.25) is 5.32 Å². The van der Waals surface area contributed by atoms with Gasteiger partial charge in [-0.2, -0.15) is 0 Å². The zero-order chi connectivity index (χ0) is 15.8. The summed E-state index contributed by atoms with van der Waals surface area (Å²) in [6, 6.07) is 0. The molecule has 0 aliphatic rings. The number of unbranched alkanes of at least 4 members (excludes halogenated alkanes) is 8. The smallest absolute Gasteiger partial charge is 0.0558 e. The van der Waals surface area contributed by atoms with Crippen molar-refractivity contribution in [1.29, 1.82) is 0 Å². The summed E-state index contributed by atoms with van der Waals surface area (Å²) in [6.07, 6.45) is 14.2. The quantitative estimate of drug-likeness (QED) is 0.220. The van der Waals surface area contributed by atoms with Gasteiger partial charge < -0.3 is 22.9 Å². The van der Waals surface area contributed by atoms with Gasteiger partial charge in [0.1, 0.15) is 0 Å². The molecule has 0 radical (unpaired) electrons. The van der Waals surface area contributed by atoms with Crippen LogP contribution in [-0.2, 0) is 0 Å². The van der Waals surface area contributed by atoms with Crippen molar-refractivity contribution in [3.8, 4) is 0 Å².